The summed E-state index contributed by atoms with van der Waals surface area (Å²) in [6, 6.07) is 4.64. The minimum atomic E-state index is -4.83. The highest BCUT2D eigenvalue weighted by Gasteiger charge is 2.34. The van der Waals surface area contributed by atoms with Crippen LogP contribution in [-0.4, -0.2) is 15.8 Å². The second-order valence-corrected chi connectivity index (χ2v) is 5.33. The van der Waals surface area contributed by atoms with Crippen LogP contribution in [-0.2, 0) is 6.18 Å². The molecular formula is C14H7ClF3N3O5. The summed E-state index contributed by atoms with van der Waals surface area (Å²) in [7, 11) is 0. The fourth-order valence-corrected chi connectivity index (χ4v) is 2.16. The third-order valence-corrected chi connectivity index (χ3v) is 3.36. The van der Waals surface area contributed by atoms with E-state index in [-0.39, 0.29) is 5.02 Å². The van der Waals surface area contributed by atoms with E-state index in [1.54, 1.807) is 0 Å². The predicted molar refractivity (Wildman–Crippen MR) is 84.2 cm³/mol. The topological polar surface area (TPSA) is 115 Å². The van der Waals surface area contributed by atoms with Crippen molar-refractivity contribution >= 4 is 34.6 Å². The Kier molecular flexibility index (Phi) is 5.12. The minimum Gasteiger partial charge on any atom is -0.321 e. The number of nitro benzene ring substituents is 2. The number of amides is 1. The molecule has 0 spiro atoms. The second-order valence-electron chi connectivity index (χ2n) is 4.89. The molecule has 0 atom stereocenters. The molecule has 2 aromatic rings. The van der Waals surface area contributed by atoms with Crippen LogP contribution in [0.1, 0.15) is 15.9 Å². The van der Waals surface area contributed by atoms with E-state index in [0.29, 0.717) is 24.3 Å². The van der Waals surface area contributed by atoms with Crippen molar-refractivity contribution in [1.82, 2.24) is 0 Å². The minimum absolute atomic E-state index is 0.221. The molecule has 26 heavy (non-hydrogen) atoms. The van der Waals surface area contributed by atoms with E-state index in [1.165, 1.54) is 0 Å². The largest absolute Gasteiger partial charge is 0.418 e. The lowest BCUT2D eigenvalue weighted by Gasteiger charge is -2.14. The number of alkyl halides is 3. The summed E-state index contributed by atoms with van der Waals surface area (Å²) in [6.45, 7) is 0. The van der Waals surface area contributed by atoms with Crippen molar-refractivity contribution in [1.29, 1.82) is 0 Å². The van der Waals surface area contributed by atoms with E-state index < -0.39 is 50.1 Å². The van der Waals surface area contributed by atoms with Crippen LogP contribution in [0.5, 0.6) is 0 Å². The lowest BCUT2D eigenvalue weighted by atomic mass is 10.1. The van der Waals surface area contributed by atoms with E-state index in [2.05, 4.69) is 0 Å². The third-order valence-electron chi connectivity index (χ3n) is 3.12. The standard InChI is InChI=1S/C14H7ClF3N3O5/c15-8-1-2-12(11(5-8)14(16,17)18)19-13(22)7-3-9(20(23)24)6-10(4-7)21(25)26/h1-6H,(H,19,22). The zero-order valence-corrected chi connectivity index (χ0v) is 13.2. The average molecular weight is 390 g/mol. The van der Waals surface area contributed by atoms with Gasteiger partial charge < -0.3 is 5.32 Å². The van der Waals surface area contributed by atoms with Crippen LogP contribution >= 0.6 is 11.6 Å². The molecular weight excluding hydrogens is 383 g/mol. The van der Waals surface area contributed by atoms with E-state index in [0.717, 1.165) is 12.1 Å². The van der Waals surface area contributed by atoms with Crippen LogP contribution in [0.4, 0.5) is 30.2 Å². The van der Waals surface area contributed by atoms with Gasteiger partial charge in [0.25, 0.3) is 17.3 Å². The molecule has 0 radical (unpaired) electrons. The maximum Gasteiger partial charge on any atom is 0.418 e. The van der Waals surface area contributed by atoms with Gasteiger partial charge in [-0.25, -0.2) is 0 Å². The van der Waals surface area contributed by atoms with Gasteiger partial charge in [0.05, 0.1) is 32.7 Å². The Labute approximate surface area is 147 Å². The molecule has 0 bridgehead atoms. The number of halogens is 4. The number of benzene rings is 2. The van der Waals surface area contributed by atoms with Gasteiger partial charge in [0.1, 0.15) is 0 Å². The number of nitro groups is 2. The molecule has 136 valence electrons. The van der Waals surface area contributed by atoms with Gasteiger partial charge in [0.2, 0.25) is 0 Å². The second kappa shape index (κ2) is 6.96. The van der Waals surface area contributed by atoms with E-state index in [1.807, 2.05) is 5.32 Å². The summed E-state index contributed by atoms with van der Waals surface area (Å²) in [5.41, 5.74) is -3.94. The first-order valence-electron chi connectivity index (χ1n) is 6.61. The Bertz CT molecular complexity index is 885. The van der Waals surface area contributed by atoms with Gasteiger partial charge in [-0.05, 0) is 18.2 Å². The van der Waals surface area contributed by atoms with E-state index in [4.69, 9.17) is 11.6 Å². The lowest BCUT2D eigenvalue weighted by molar-refractivity contribution is -0.394. The quantitative estimate of drug-likeness (QED) is 0.613. The molecule has 2 rings (SSSR count). The summed E-state index contributed by atoms with van der Waals surface area (Å²) < 4.78 is 39.1. The first-order valence-corrected chi connectivity index (χ1v) is 6.99. The number of hydrogen-bond acceptors (Lipinski definition) is 5. The number of non-ortho nitro benzene ring substituents is 2. The molecule has 1 N–H and O–H groups in total. The molecule has 2 aromatic carbocycles. The van der Waals surface area contributed by atoms with Crippen molar-refractivity contribution in [3.63, 3.8) is 0 Å². The summed E-state index contributed by atoms with van der Waals surface area (Å²) in [6.07, 6.45) is -4.83. The SMILES string of the molecule is O=C(Nc1ccc(Cl)cc1C(F)(F)F)c1cc([N+](=O)[O-])cc([N+](=O)[O-])c1. The predicted octanol–water partition coefficient (Wildman–Crippen LogP) is 4.43. The van der Waals surface area contributed by atoms with Crippen LogP contribution in [0.3, 0.4) is 0 Å². The highest BCUT2D eigenvalue weighted by Crippen LogP contribution is 2.36. The first kappa shape index (κ1) is 19.1. The van der Waals surface area contributed by atoms with Crippen molar-refractivity contribution in [3.05, 3.63) is 72.8 Å². The molecule has 0 saturated heterocycles. The van der Waals surface area contributed by atoms with E-state index in [9.17, 15) is 38.2 Å². The van der Waals surface area contributed by atoms with Gasteiger partial charge in [0.15, 0.2) is 0 Å². The molecule has 0 unspecified atom stereocenters. The van der Waals surface area contributed by atoms with Crippen LogP contribution in [0.15, 0.2) is 36.4 Å². The number of anilines is 1. The summed E-state index contributed by atoms with van der Waals surface area (Å²) in [5.74, 6) is -1.19. The van der Waals surface area contributed by atoms with Gasteiger partial charge in [0, 0.05) is 17.2 Å². The van der Waals surface area contributed by atoms with Crippen LogP contribution in [0, 0.1) is 20.2 Å². The monoisotopic (exact) mass is 389 g/mol. The number of hydrogen-bond donors (Lipinski definition) is 1. The molecule has 1 amide bonds. The van der Waals surface area contributed by atoms with Gasteiger partial charge in [-0.3, -0.25) is 25.0 Å². The molecule has 0 aliphatic carbocycles. The normalized spacial score (nSPS) is 11.1. The first-order chi connectivity index (χ1) is 12.0. The fraction of sp³-hybridized carbons (Fsp3) is 0.0714. The smallest absolute Gasteiger partial charge is 0.321 e. The highest BCUT2D eigenvalue weighted by molar-refractivity contribution is 6.30. The maximum absolute atomic E-state index is 13.0. The molecule has 0 aromatic heterocycles. The van der Waals surface area contributed by atoms with E-state index >= 15 is 0 Å². The molecule has 0 aliphatic rings. The zero-order chi connectivity index (χ0) is 19.6. The van der Waals surface area contributed by atoms with Crippen molar-refractivity contribution < 1.29 is 27.8 Å². The number of rotatable bonds is 4. The van der Waals surface area contributed by atoms with Crippen LogP contribution < -0.4 is 5.32 Å². The molecule has 0 saturated carbocycles. The number of nitrogens with one attached hydrogen (secondary N) is 1. The number of carbonyl (C=O) groups excluding carboxylic acids is 1. The Hall–Kier alpha value is -3.21. The fourth-order valence-electron chi connectivity index (χ4n) is 1.99. The Morgan fingerprint density at radius 2 is 1.54 bits per heavy atom. The molecule has 0 fully saturated rings. The van der Waals surface area contributed by atoms with Crippen molar-refractivity contribution in [3.8, 4) is 0 Å². The van der Waals surface area contributed by atoms with Crippen molar-refractivity contribution in [2.24, 2.45) is 0 Å². The van der Waals surface area contributed by atoms with Crippen LogP contribution in [0.2, 0.25) is 5.02 Å². The third kappa shape index (κ3) is 4.25. The van der Waals surface area contributed by atoms with Gasteiger partial charge in [-0.15, -0.1) is 0 Å². The van der Waals surface area contributed by atoms with Gasteiger partial charge in [-0.1, -0.05) is 11.6 Å². The number of nitrogens with zero attached hydrogens (tertiary/aromatic N) is 2. The summed E-state index contributed by atoms with van der Waals surface area (Å²) in [5, 5.41) is 23.3. The highest BCUT2D eigenvalue weighted by atomic mass is 35.5. The summed E-state index contributed by atoms with van der Waals surface area (Å²) >= 11 is 5.53. The molecule has 0 heterocycles. The van der Waals surface area contributed by atoms with Crippen LogP contribution in [0.25, 0.3) is 0 Å². The summed E-state index contributed by atoms with van der Waals surface area (Å²) in [4.78, 5) is 31.9. The molecule has 12 heteroatoms. The Morgan fingerprint density at radius 1 is 1.00 bits per heavy atom. The Morgan fingerprint density at radius 3 is 2.00 bits per heavy atom. The molecule has 0 aliphatic heterocycles. The zero-order valence-electron chi connectivity index (χ0n) is 12.4. The maximum atomic E-state index is 13.0. The average Bonchev–Trinajstić information content (AvgIpc) is 2.54. The van der Waals surface area contributed by atoms with Gasteiger partial charge in [-0.2, -0.15) is 13.2 Å². The Balaban J connectivity index is 2.46. The molecule has 8 nitrogen and oxygen atoms in total. The lowest BCUT2D eigenvalue weighted by Crippen LogP contribution is -2.17. The van der Waals surface area contributed by atoms with Gasteiger partial charge >= 0.3 is 6.18 Å². The van der Waals surface area contributed by atoms with Crippen molar-refractivity contribution in [2.75, 3.05) is 5.32 Å². The number of carbonyl (C=O) groups is 1. The van der Waals surface area contributed by atoms with Crippen molar-refractivity contribution in [2.45, 2.75) is 6.18 Å².